The quantitative estimate of drug-likeness (QED) is 0.525. The Morgan fingerprint density at radius 1 is 0.857 bits per heavy atom. The molecule has 0 radical (unpaired) electrons. The van der Waals surface area contributed by atoms with Crippen molar-refractivity contribution in [2.45, 2.75) is 71.6 Å². The number of hydrogen-bond donors (Lipinski definition) is 1. The van der Waals surface area contributed by atoms with Crippen LogP contribution in [0.1, 0.15) is 71.6 Å². The summed E-state index contributed by atoms with van der Waals surface area (Å²) in [4.78, 5) is 0. The average Bonchev–Trinajstić information content (AvgIpc) is 2.17. The molecule has 1 atom stereocenters. The Morgan fingerprint density at radius 2 is 1.43 bits per heavy atom. The number of unbranched alkanes of at least 4 members (excludes halogenated alkanes) is 5. The highest BCUT2D eigenvalue weighted by molar-refractivity contribution is 4.53. The first-order chi connectivity index (χ1) is 6.81. The van der Waals surface area contributed by atoms with Gasteiger partial charge in [0, 0.05) is 6.61 Å². The van der Waals surface area contributed by atoms with E-state index in [2.05, 4.69) is 13.8 Å². The van der Waals surface area contributed by atoms with Crippen LogP contribution in [0.4, 0.5) is 0 Å². The second kappa shape index (κ2) is 11.0. The number of aliphatic hydroxyl groups is 1. The summed E-state index contributed by atoms with van der Waals surface area (Å²) in [6.07, 6.45) is 11.8. The molecule has 0 spiro atoms. The summed E-state index contributed by atoms with van der Waals surface area (Å²) in [7, 11) is 0. The third kappa shape index (κ3) is 10.0. The van der Waals surface area contributed by atoms with E-state index < -0.39 is 0 Å². The van der Waals surface area contributed by atoms with Gasteiger partial charge >= 0.3 is 0 Å². The van der Waals surface area contributed by atoms with Crippen LogP contribution >= 0.6 is 0 Å². The van der Waals surface area contributed by atoms with Crippen LogP contribution in [-0.4, -0.2) is 11.7 Å². The zero-order chi connectivity index (χ0) is 10.6. The second-order valence-corrected chi connectivity index (χ2v) is 4.53. The van der Waals surface area contributed by atoms with Gasteiger partial charge < -0.3 is 5.11 Å². The zero-order valence-electron chi connectivity index (χ0n) is 10.1. The molecule has 14 heavy (non-hydrogen) atoms. The molecule has 0 aromatic carbocycles. The van der Waals surface area contributed by atoms with Crippen molar-refractivity contribution in [1.29, 1.82) is 0 Å². The summed E-state index contributed by atoms with van der Waals surface area (Å²) in [5, 5.41) is 8.60. The predicted molar refractivity (Wildman–Crippen MR) is 63.5 cm³/mol. The molecule has 0 rings (SSSR count). The van der Waals surface area contributed by atoms with Crippen molar-refractivity contribution in [3.05, 3.63) is 0 Å². The van der Waals surface area contributed by atoms with Crippen LogP contribution in [0.3, 0.4) is 0 Å². The Bertz CT molecular complexity index is 101. The maximum absolute atomic E-state index is 8.60. The smallest absolute Gasteiger partial charge is 0.0431 e. The summed E-state index contributed by atoms with van der Waals surface area (Å²) in [5.74, 6) is 0.928. The summed E-state index contributed by atoms with van der Waals surface area (Å²) in [5.41, 5.74) is 0. The molecule has 86 valence electrons. The van der Waals surface area contributed by atoms with Crippen molar-refractivity contribution in [1.82, 2.24) is 0 Å². The standard InChI is InChI=1S/C13H28O/c1-3-10-13(2)11-8-6-4-5-7-9-12-14/h13-14H,3-12H2,1-2H3. The summed E-state index contributed by atoms with van der Waals surface area (Å²) < 4.78 is 0. The van der Waals surface area contributed by atoms with E-state index in [4.69, 9.17) is 5.11 Å². The van der Waals surface area contributed by atoms with Crippen molar-refractivity contribution in [2.24, 2.45) is 5.92 Å². The van der Waals surface area contributed by atoms with Crippen molar-refractivity contribution < 1.29 is 5.11 Å². The van der Waals surface area contributed by atoms with E-state index in [0.717, 1.165) is 12.3 Å². The van der Waals surface area contributed by atoms with Crippen molar-refractivity contribution in [3.8, 4) is 0 Å². The predicted octanol–water partition coefficient (Wildman–Crippen LogP) is 4.15. The van der Waals surface area contributed by atoms with Gasteiger partial charge in [-0.2, -0.15) is 0 Å². The molecule has 0 aliphatic heterocycles. The molecule has 0 aromatic heterocycles. The largest absolute Gasteiger partial charge is 0.396 e. The van der Waals surface area contributed by atoms with Gasteiger partial charge in [0.1, 0.15) is 0 Å². The Kier molecular flexibility index (Phi) is 11.0. The van der Waals surface area contributed by atoms with E-state index in [1.165, 1.54) is 51.4 Å². The Labute approximate surface area is 89.9 Å². The van der Waals surface area contributed by atoms with Crippen molar-refractivity contribution >= 4 is 0 Å². The Morgan fingerprint density at radius 3 is 2.00 bits per heavy atom. The van der Waals surface area contributed by atoms with E-state index >= 15 is 0 Å². The third-order valence-electron chi connectivity index (χ3n) is 2.89. The zero-order valence-corrected chi connectivity index (χ0v) is 10.1. The summed E-state index contributed by atoms with van der Waals surface area (Å²) in [6, 6.07) is 0. The highest BCUT2D eigenvalue weighted by Gasteiger charge is 1.99. The summed E-state index contributed by atoms with van der Waals surface area (Å²) in [6.45, 7) is 5.01. The molecule has 0 amide bonds. The van der Waals surface area contributed by atoms with Gasteiger partial charge in [0.15, 0.2) is 0 Å². The first-order valence-electron chi connectivity index (χ1n) is 6.42. The van der Waals surface area contributed by atoms with Crippen LogP contribution in [0, 0.1) is 5.92 Å². The van der Waals surface area contributed by atoms with E-state index in [9.17, 15) is 0 Å². The molecular formula is C13H28O. The lowest BCUT2D eigenvalue weighted by molar-refractivity contribution is 0.282. The molecule has 0 bridgehead atoms. The first kappa shape index (κ1) is 14.0. The van der Waals surface area contributed by atoms with E-state index in [1.807, 2.05) is 0 Å². The molecule has 0 saturated heterocycles. The lowest BCUT2D eigenvalue weighted by Crippen LogP contribution is -1.93. The molecule has 0 fully saturated rings. The summed E-state index contributed by atoms with van der Waals surface area (Å²) >= 11 is 0. The van der Waals surface area contributed by atoms with Gasteiger partial charge in [-0.1, -0.05) is 65.2 Å². The second-order valence-electron chi connectivity index (χ2n) is 4.53. The van der Waals surface area contributed by atoms with Crippen molar-refractivity contribution in [2.75, 3.05) is 6.61 Å². The van der Waals surface area contributed by atoms with E-state index in [1.54, 1.807) is 0 Å². The van der Waals surface area contributed by atoms with Crippen LogP contribution in [0.5, 0.6) is 0 Å². The van der Waals surface area contributed by atoms with Gasteiger partial charge in [-0.3, -0.25) is 0 Å². The van der Waals surface area contributed by atoms with Crippen LogP contribution in [0.25, 0.3) is 0 Å². The molecular weight excluding hydrogens is 172 g/mol. The minimum atomic E-state index is 0.369. The Hall–Kier alpha value is -0.0400. The number of aliphatic hydroxyl groups excluding tert-OH is 1. The maximum atomic E-state index is 8.60. The fraction of sp³-hybridized carbons (Fsp3) is 1.00. The minimum absolute atomic E-state index is 0.369. The minimum Gasteiger partial charge on any atom is -0.396 e. The molecule has 0 aliphatic rings. The van der Waals surface area contributed by atoms with Gasteiger partial charge in [-0.15, -0.1) is 0 Å². The van der Waals surface area contributed by atoms with Crippen LogP contribution in [-0.2, 0) is 0 Å². The SMILES string of the molecule is CCCC(C)CCCCCCCCO. The lowest BCUT2D eigenvalue weighted by atomic mass is 9.98. The molecule has 1 N–H and O–H groups in total. The van der Waals surface area contributed by atoms with Gasteiger partial charge in [0.25, 0.3) is 0 Å². The number of rotatable bonds is 10. The van der Waals surface area contributed by atoms with Crippen LogP contribution in [0.2, 0.25) is 0 Å². The third-order valence-corrected chi connectivity index (χ3v) is 2.89. The van der Waals surface area contributed by atoms with Gasteiger partial charge in [-0.25, -0.2) is 0 Å². The monoisotopic (exact) mass is 200 g/mol. The van der Waals surface area contributed by atoms with Crippen LogP contribution in [0.15, 0.2) is 0 Å². The fourth-order valence-electron chi connectivity index (χ4n) is 1.95. The van der Waals surface area contributed by atoms with Crippen LogP contribution < -0.4 is 0 Å². The highest BCUT2D eigenvalue weighted by atomic mass is 16.2. The molecule has 0 heterocycles. The molecule has 1 nitrogen and oxygen atoms in total. The maximum Gasteiger partial charge on any atom is 0.0431 e. The fourth-order valence-corrected chi connectivity index (χ4v) is 1.95. The van der Waals surface area contributed by atoms with Gasteiger partial charge in [0.05, 0.1) is 0 Å². The van der Waals surface area contributed by atoms with E-state index in [-0.39, 0.29) is 0 Å². The highest BCUT2D eigenvalue weighted by Crippen LogP contribution is 2.15. The van der Waals surface area contributed by atoms with Crippen molar-refractivity contribution in [3.63, 3.8) is 0 Å². The normalized spacial score (nSPS) is 13.1. The molecule has 0 saturated carbocycles. The first-order valence-corrected chi connectivity index (χ1v) is 6.42. The molecule has 1 unspecified atom stereocenters. The molecule has 0 aromatic rings. The topological polar surface area (TPSA) is 20.2 Å². The van der Waals surface area contributed by atoms with E-state index in [0.29, 0.717) is 6.61 Å². The average molecular weight is 200 g/mol. The molecule has 0 aliphatic carbocycles. The lowest BCUT2D eigenvalue weighted by Gasteiger charge is -2.08. The Balaban J connectivity index is 2.98. The number of hydrogen-bond acceptors (Lipinski definition) is 1. The van der Waals surface area contributed by atoms with Gasteiger partial charge in [0.2, 0.25) is 0 Å². The van der Waals surface area contributed by atoms with Gasteiger partial charge in [-0.05, 0) is 12.3 Å². The molecule has 1 heteroatoms.